The van der Waals surface area contributed by atoms with Crippen molar-refractivity contribution in [3.63, 3.8) is 0 Å². The summed E-state index contributed by atoms with van der Waals surface area (Å²) in [5.74, 6) is -0.716. The smallest absolute Gasteiger partial charge is 0.256 e. The standard InChI is InChI=1S/C15H19FN2O2/c16-11-5-3-4-10(14(11)17)15(19)18-8-9-20-13-7-2-1-6-12(13)18/h3-5,12-13H,1-2,6-9,17H2. The van der Waals surface area contributed by atoms with E-state index in [2.05, 4.69) is 0 Å². The first-order chi connectivity index (χ1) is 9.68. The average molecular weight is 278 g/mol. The van der Waals surface area contributed by atoms with E-state index in [4.69, 9.17) is 10.5 Å². The zero-order chi connectivity index (χ0) is 14.1. The molecule has 1 saturated carbocycles. The van der Waals surface area contributed by atoms with Crippen molar-refractivity contribution in [1.82, 2.24) is 4.90 Å². The first-order valence-corrected chi connectivity index (χ1v) is 7.15. The van der Waals surface area contributed by atoms with E-state index in [0.29, 0.717) is 13.2 Å². The lowest BCUT2D eigenvalue weighted by molar-refractivity contribution is -0.0752. The van der Waals surface area contributed by atoms with Crippen molar-refractivity contribution in [1.29, 1.82) is 0 Å². The van der Waals surface area contributed by atoms with Crippen molar-refractivity contribution in [2.75, 3.05) is 18.9 Å². The van der Waals surface area contributed by atoms with Gasteiger partial charge in [0.05, 0.1) is 30.0 Å². The number of nitrogens with zero attached hydrogens (tertiary/aromatic N) is 1. The van der Waals surface area contributed by atoms with Crippen LogP contribution in [0, 0.1) is 5.82 Å². The summed E-state index contributed by atoms with van der Waals surface area (Å²) in [6.07, 6.45) is 4.31. The van der Waals surface area contributed by atoms with Crippen LogP contribution in [0.4, 0.5) is 10.1 Å². The van der Waals surface area contributed by atoms with E-state index >= 15 is 0 Å². The Morgan fingerprint density at radius 1 is 1.35 bits per heavy atom. The van der Waals surface area contributed by atoms with Crippen LogP contribution in [0.25, 0.3) is 0 Å². The molecule has 2 unspecified atom stereocenters. The lowest BCUT2D eigenvalue weighted by atomic mass is 9.89. The number of hydrogen-bond acceptors (Lipinski definition) is 3. The summed E-state index contributed by atoms with van der Waals surface area (Å²) in [5, 5.41) is 0. The van der Waals surface area contributed by atoms with Crippen LogP contribution >= 0.6 is 0 Å². The van der Waals surface area contributed by atoms with E-state index in [1.165, 1.54) is 12.1 Å². The van der Waals surface area contributed by atoms with E-state index < -0.39 is 5.82 Å². The Bertz CT molecular complexity index is 519. The zero-order valence-corrected chi connectivity index (χ0v) is 11.3. The number of rotatable bonds is 1. The van der Waals surface area contributed by atoms with Gasteiger partial charge in [-0.05, 0) is 25.0 Å². The van der Waals surface area contributed by atoms with E-state index in [0.717, 1.165) is 25.7 Å². The molecule has 1 saturated heterocycles. The Morgan fingerprint density at radius 3 is 3.00 bits per heavy atom. The number of nitrogen functional groups attached to an aromatic ring is 1. The Morgan fingerprint density at radius 2 is 2.15 bits per heavy atom. The van der Waals surface area contributed by atoms with Crippen LogP contribution in [0.5, 0.6) is 0 Å². The normalized spacial score (nSPS) is 26.1. The van der Waals surface area contributed by atoms with Crippen LogP contribution in [0.2, 0.25) is 0 Å². The third-order valence-corrected chi connectivity index (χ3v) is 4.28. The Hall–Kier alpha value is -1.62. The van der Waals surface area contributed by atoms with Gasteiger partial charge >= 0.3 is 0 Å². The van der Waals surface area contributed by atoms with Crippen molar-refractivity contribution in [2.45, 2.75) is 37.8 Å². The first-order valence-electron chi connectivity index (χ1n) is 7.15. The maximum absolute atomic E-state index is 13.5. The van der Waals surface area contributed by atoms with Crippen molar-refractivity contribution in [3.8, 4) is 0 Å². The fourth-order valence-corrected chi connectivity index (χ4v) is 3.23. The molecule has 4 nitrogen and oxygen atoms in total. The lowest BCUT2D eigenvalue weighted by Crippen LogP contribution is -2.54. The van der Waals surface area contributed by atoms with Gasteiger partial charge in [-0.15, -0.1) is 0 Å². The molecule has 0 bridgehead atoms. The molecule has 5 heteroatoms. The van der Waals surface area contributed by atoms with Gasteiger partial charge in [-0.3, -0.25) is 4.79 Å². The molecule has 0 aromatic heterocycles. The maximum atomic E-state index is 13.5. The first kappa shape index (κ1) is 13.4. The van der Waals surface area contributed by atoms with Gasteiger partial charge < -0.3 is 15.4 Å². The molecule has 0 spiro atoms. The minimum Gasteiger partial charge on any atom is -0.396 e. The highest BCUT2D eigenvalue weighted by molar-refractivity contribution is 5.99. The number of morpholine rings is 1. The third kappa shape index (κ3) is 2.26. The second kappa shape index (κ2) is 5.40. The highest BCUT2D eigenvalue weighted by atomic mass is 19.1. The number of hydrogen-bond donors (Lipinski definition) is 1. The molecular formula is C15H19FN2O2. The number of ether oxygens (including phenoxy) is 1. The number of amides is 1. The number of nitrogens with two attached hydrogens (primary N) is 1. The molecule has 1 aliphatic heterocycles. The lowest BCUT2D eigenvalue weighted by Gasteiger charge is -2.43. The number of fused-ring (bicyclic) bond motifs is 1. The quantitative estimate of drug-likeness (QED) is 0.801. The molecule has 0 radical (unpaired) electrons. The van der Waals surface area contributed by atoms with Crippen LogP contribution in [0.15, 0.2) is 18.2 Å². The summed E-state index contributed by atoms with van der Waals surface area (Å²) in [4.78, 5) is 14.5. The Labute approximate surface area is 117 Å². The zero-order valence-electron chi connectivity index (χ0n) is 11.3. The number of halogens is 1. The topological polar surface area (TPSA) is 55.6 Å². The minimum atomic E-state index is -0.538. The number of carbonyl (C=O) groups is 1. The van der Waals surface area contributed by atoms with Crippen LogP contribution in [0.1, 0.15) is 36.0 Å². The van der Waals surface area contributed by atoms with Gasteiger partial charge in [0.25, 0.3) is 5.91 Å². The fraction of sp³-hybridized carbons (Fsp3) is 0.533. The molecule has 2 atom stereocenters. The maximum Gasteiger partial charge on any atom is 0.256 e. The molecular weight excluding hydrogens is 259 g/mol. The van der Waals surface area contributed by atoms with Gasteiger partial charge in [-0.2, -0.15) is 0 Å². The summed E-state index contributed by atoms with van der Waals surface area (Å²) >= 11 is 0. The Balaban J connectivity index is 1.87. The Kier molecular flexibility index (Phi) is 3.61. The summed E-state index contributed by atoms with van der Waals surface area (Å²) < 4.78 is 19.3. The van der Waals surface area contributed by atoms with Gasteiger partial charge in [-0.25, -0.2) is 4.39 Å². The molecule has 20 heavy (non-hydrogen) atoms. The fourth-order valence-electron chi connectivity index (χ4n) is 3.23. The number of benzene rings is 1. The highest BCUT2D eigenvalue weighted by Gasteiger charge is 2.37. The molecule has 1 amide bonds. The molecule has 2 fully saturated rings. The summed E-state index contributed by atoms with van der Waals surface area (Å²) in [6, 6.07) is 4.49. The predicted octanol–water partition coefficient (Wildman–Crippen LogP) is 2.19. The molecule has 1 heterocycles. The number of para-hydroxylation sites is 1. The molecule has 1 aromatic rings. The van der Waals surface area contributed by atoms with Crippen molar-refractivity contribution >= 4 is 11.6 Å². The molecule has 2 N–H and O–H groups in total. The molecule has 2 aliphatic rings. The molecule has 1 aromatic carbocycles. The monoisotopic (exact) mass is 278 g/mol. The van der Waals surface area contributed by atoms with Crippen molar-refractivity contribution < 1.29 is 13.9 Å². The van der Waals surface area contributed by atoms with Crippen molar-refractivity contribution in [2.24, 2.45) is 0 Å². The average Bonchev–Trinajstić information content (AvgIpc) is 2.49. The predicted molar refractivity (Wildman–Crippen MR) is 73.8 cm³/mol. The second-order valence-corrected chi connectivity index (χ2v) is 5.46. The summed E-state index contributed by atoms with van der Waals surface area (Å²) in [6.45, 7) is 1.10. The number of anilines is 1. The second-order valence-electron chi connectivity index (χ2n) is 5.46. The van der Waals surface area contributed by atoms with Crippen LogP contribution in [-0.2, 0) is 4.74 Å². The van der Waals surface area contributed by atoms with Crippen molar-refractivity contribution in [3.05, 3.63) is 29.6 Å². The third-order valence-electron chi connectivity index (χ3n) is 4.28. The van der Waals surface area contributed by atoms with Gasteiger partial charge in [0.15, 0.2) is 0 Å². The van der Waals surface area contributed by atoms with Crippen LogP contribution < -0.4 is 5.73 Å². The van der Waals surface area contributed by atoms with E-state index in [-0.39, 0.29) is 29.3 Å². The SMILES string of the molecule is Nc1c(F)cccc1C(=O)N1CCOC2CCCCC21. The van der Waals surface area contributed by atoms with E-state index in [9.17, 15) is 9.18 Å². The van der Waals surface area contributed by atoms with Gasteiger partial charge in [0.2, 0.25) is 0 Å². The molecule has 3 rings (SSSR count). The summed E-state index contributed by atoms with van der Waals surface area (Å²) in [5.41, 5.74) is 5.91. The van der Waals surface area contributed by atoms with Crippen LogP contribution in [0.3, 0.4) is 0 Å². The van der Waals surface area contributed by atoms with E-state index in [1.807, 2.05) is 4.90 Å². The van der Waals surface area contributed by atoms with E-state index in [1.54, 1.807) is 6.07 Å². The number of carbonyl (C=O) groups excluding carboxylic acids is 1. The van der Waals surface area contributed by atoms with Gasteiger partial charge in [0.1, 0.15) is 5.82 Å². The summed E-state index contributed by atoms with van der Waals surface area (Å²) in [7, 11) is 0. The minimum absolute atomic E-state index is 0.0589. The highest BCUT2D eigenvalue weighted by Crippen LogP contribution is 2.30. The van der Waals surface area contributed by atoms with Gasteiger partial charge in [0, 0.05) is 6.54 Å². The largest absolute Gasteiger partial charge is 0.396 e. The van der Waals surface area contributed by atoms with Crippen LogP contribution in [-0.4, -0.2) is 36.1 Å². The van der Waals surface area contributed by atoms with Gasteiger partial charge in [-0.1, -0.05) is 18.9 Å². The molecule has 108 valence electrons. The molecule has 1 aliphatic carbocycles.